The second-order valence-corrected chi connectivity index (χ2v) is 7.17. The number of fused-ring (bicyclic) bond motifs is 1. The van der Waals surface area contributed by atoms with Gasteiger partial charge in [0.1, 0.15) is 5.65 Å². The highest BCUT2D eigenvalue weighted by Crippen LogP contribution is 2.28. The third-order valence-corrected chi connectivity index (χ3v) is 5.56. The Hall–Kier alpha value is -1.68. The van der Waals surface area contributed by atoms with E-state index in [1.54, 1.807) is 38.2 Å². The summed E-state index contributed by atoms with van der Waals surface area (Å²) in [7, 11) is -2.49. The number of imidazole rings is 1. The zero-order valence-electron chi connectivity index (χ0n) is 12.1. The number of hydrazine groups is 1. The van der Waals surface area contributed by atoms with Crippen molar-refractivity contribution in [2.75, 3.05) is 19.1 Å². The fourth-order valence-corrected chi connectivity index (χ4v) is 3.59. The van der Waals surface area contributed by atoms with E-state index in [0.29, 0.717) is 5.65 Å². The second kappa shape index (κ2) is 5.26. The first kappa shape index (κ1) is 15.7. The topological polar surface area (TPSA) is 113 Å². The van der Waals surface area contributed by atoms with Crippen molar-refractivity contribution in [3.8, 4) is 0 Å². The Labute approximate surface area is 123 Å². The van der Waals surface area contributed by atoms with Crippen molar-refractivity contribution in [2.45, 2.75) is 24.4 Å². The predicted octanol–water partition coefficient (Wildman–Crippen LogP) is 0.0113. The van der Waals surface area contributed by atoms with Gasteiger partial charge >= 0.3 is 0 Å². The van der Waals surface area contributed by atoms with Crippen LogP contribution in [0.15, 0.2) is 29.4 Å². The molecule has 0 saturated carbocycles. The molecule has 0 radical (unpaired) electrons. The van der Waals surface area contributed by atoms with Gasteiger partial charge in [0.05, 0.1) is 12.1 Å². The molecular weight excluding hydrogens is 294 g/mol. The van der Waals surface area contributed by atoms with Gasteiger partial charge in [0.25, 0.3) is 10.0 Å². The lowest BCUT2D eigenvalue weighted by Crippen LogP contribution is -2.47. The summed E-state index contributed by atoms with van der Waals surface area (Å²) in [6.07, 6.45) is 1.59. The van der Waals surface area contributed by atoms with Crippen LogP contribution in [0.5, 0.6) is 0 Å². The summed E-state index contributed by atoms with van der Waals surface area (Å²) in [5, 5.41) is 9.33. The summed E-state index contributed by atoms with van der Waals surface area (Å²) >= 11 is 0. The smallest absolute Gasteiger partial charge is 0.263 e. The van der Waals surface area contributed by atoms with E-state index in [2.05, 4.69) is 10.4 Å². The number of nitrogen functional groups attached to an aromatic ring is 1. The van der Waals surface area contributed by atoms with E-state index in [-0.39, 0.29) is 17.5 Å². The van der Waals surface area contributed by atoms with Crippen LogP contribution < -0.4 is 11.3 Å². The number of rotatable bonds is 5. The average Bonchev–Trinajstić information content (AvgIpc) is 2.85. The second-order valence-electron chi connectivity index (χ2n) is 5.28. The van der Waals surface area contributed by atoms with Crippen molar-refractivity contribution in [2.24, 2.45) is 5.84 Å². The lowest BCUT2D eigenvalue weighted by atomic mass is 10.1. The summed E-state index contributed by atoms with van der Waals surface area (Å²) < 4.78 is 28.2. The number of aliphatic hydroxyl groups excluding tert-OH is 1. The minimum Gasteiger partial charge on any atom is -0.394 e. The van der Waals surface area contributed by atoms with Crippen LogP contribution in [0, 0.1) is 0 Å². The van der Waals surface area contributed by atoms with Crippen molar-refractivity contribution in [1.29, 1.82) is 0 Å². The largest absolute Gasteiger partial charge is 0.394 e. The molecule has 0 fully saturated rings. The first-order chi connectivity index (χ1) is 9.75. The molecule has 2 aromatic heterocycles. The molecule has 9 heteroatoms. The van der Waals surface area contributed by atoms with E-state index in [4.69, 9.17) is 5.84 Å². The van der Waals surface area contributed by atoms with E-state index < -0.39 is 15.6 Å². The molecule has 2 heterocycles. The maximum atomic E-state index is 12.9. The van der Waals surface area contributed by atoms with Gasteiger partial charge in [0.15, 0.2) is 5.82 Å². The Kier molecular flexibility index (Phi) is 3.93. The molecule has 0 saturated heterocycles. The van der Waals surface area contributed by atoms with Crippen molar-refractivity contribution in [1.82, 2.24) is 13.7 Å². The number of pyridine rings is 1. The van der Waals surface area contributed by atoms with Crippen LogP contribution in [0.2, 0.25) is 0 Å². The highest BCUT2D eigenvalue weighted by Gasteiger charge is 2.37. The number of sulfonamides is 1. The van der Waals surface area contributed by atoms with E-state index in [0.717, 1.165) is 4.31 Å². The van der Waals surface area contributed by atoms with E-state index >= 15 is 0 Å². The third kappa shape index (κ3) is 2.48. The molecule has 116 valence electrons. The number of nitrogens with zero attached hydrogens (tertiary/aromatic N) is 3. The molecule has 2 rings (SSSR count). The minimum atomic E-state index is -3.90. The number of hydrogen-bond acceptors (Lipinski definition) is 6. The molecule has 0 unspecified atom stereocenters. The van der Waals surface area contributed by atoms with E-state index in [1.807, 2.05) is 0 Å². The summed E-state index contributed by atoms with van der Waals surface area (Å²) in [5.41, 5.74) is 1.82. The first-order valence-corrected chi connectivity index (χ1v) is 7.73. The van der Waals surface area contributed by atoms with E-state index in [9.17, 15) is 13.5 Å². The lowest BCUT2D eigenvalue weighted by molar-refractivity contribution is 0.137. The molecule has 0 aromatic carbocycles. The normalized spacial score (nSPS) is 13.0. The van der Waals surface area contributed by atoms with Gasteiger partial charge in [0.2, 0.25) is 5.03 Å². The fourth-order valence-electron chi connectivity index (χ4n) is 1.87. The van der Waals surface area contributed by atoms with Gasteiger partial charge in [-0.1, -0.05) is 6.07 Å². The maximum absolute atomic E-state index is 12.9. The van der Waals surface area contributed by atoms with Crippen LogP contribution >= 0.6 is 0 Å². The molecule has 0 aliphatic heterocycles. The molecular formula is C12H19N5O3S. The van der Waals surface area contributed by atoms with Gasteiger partial charge < -0.3 is 10.5 Å². The molecule has 4 N–H and O–H groups in total. The summed E-state index contributed by atoms with van der Waals surface area (Å²) in [6.45, 7) is 2.94. The van der Waals surface area contributed by atoms with Crippen LogP contribution in [0.3, 0.4) is 0 Å². The van der Waals surface area contributed by atoms with E-state index in [1.165, 1.54) is 11.4 Å². The van der Waals surface area contributed by atoms with Gasteiger partial charge in [-0.3, -0.25) is 4.40 Å². The van der Waals surface area contributed by atoms with Crippen LogP contribution in [-0.4, -0.2) is 46.4 Å². The zero-order chi connectivity index (χ0) is 15.8. The maximum Gasteiger partial charge on any atom is 0.263 e. The molecule has 2 aromatic rings. The minimum absolute atomic E-state index is 0.0572. The predicted molar refractivity (Wildman–Crippen MR) is 79.1 cm³/mol. The van der Waals surface area contributed by atoms with Crippen molar-refractivity contribution in [3.05, 3.63) is 24.4 Å². The molecule has 8 nitrogen and oxygen atoms in total. The van der Waals surface area contributed by atoms with Crippen molar-refractivity contribution in [3.63, 3.8) is 0 Å². The van der Waals surface area contributed by atoms with Gasteiger partial charge in [-0.25, -0.2) is 19.2 Å². The zero-order valence-corrected chi connectivity index (χ0v) is 12.9. The summed E-state index contributed by atoms with van der Waals surface area (Å²) in [6, 6.07) is 5.13. The van der Waals surface area contributed by atoms with Gasteiger partial charge in [-0.05, 0) is 26.0 Å². The highest BCUT2D eigenvalue weighted by atomic mass is 32.2. The Morgan fingerprint density at radius 3 is 2.71 bits per heavy atom. The standard InChI is InChI=1S/C12H19N5O3S/c1-12(2,8-18)16(3)21(19,20)11-10(15-13)14-9-6-4-5-7-17(9)11/h4-7,15,18H,8,13H2,1-3H3. The Morgan fingerprint density at radius 1 is 1.48 bits per heavy atom. The third-order valence-electron chi connectivity index (χ3n) is 3.47. The SMILES string of the molecule is CN(C(C)(C)CO)S(=O)(=O)c1c(NN)nc2ccccn12. The highest BCUT2D eigenvalue weighted by molar-refractivity contribution is 7.89. The monoisotopic (exact) mass is 313 g/mol. The number of aromatic nitrogens is 2. The molecule has 21 heavy (non-hydrogen) atoms. The molecule has 0 spiro atoms. The van der Waals surface area contributed by atoms with Crippen molar-refractivity contribution >= 4 is 21.5 Å². The van der Waals surface area contributed by atoms with Crippen LogP contribution in [-0.2, 0) is 10.0 Å². The Balaban J connectivity index is 2.70. The summed E-state index contributed by atoms with van der Waals surface area (Å²) in [4.78, 5) is 4.15. The first-order valence-electron chi connectivity index (χ1n) is 6.29. The molecule has 0 bridgehead atoms. The lowest BCUT2D eigenvalue weighted by Gasteiger charge is -2.32. The van der Waals surface area contributed by atoms with Crippen LogP contribution in [0.25, 0.3) is 5.65 Å². The molecule has 0 atom stereocenters. The molecule has 0 aliphatic carbocycles. The average molecular weight is 313 g/mol. The number of nitrogens with one attached hydrogen (secondary N) is 1. The van der Waals surface area contributed by atoms with Crippen LogP contribution in [0.1, 0.15) is 13.8 Å². The van der Waals surface area contributed by atoms with Crippen LogP contribution in [0.4, 0.5) is 5.82 Å². The van der Waals surface area contributed by atoms with Gasteiger partial charge in [0, 0.05) is 13.2 Å². The number of hydrogen-bond donors (Lipinski definition) is 3. The number of anilines is 1. The fraction of sp³-hybridized carbons (Fsp3) is 0.417. The van der Waals surface area contributed by atoms with Crippen molar-refractivity contribution < 1.29 is 13.5 Å². The van der Waals surface area contributed by atoms with Gasteiger partial charge in [-0.15, -0.1) is 0 Å². The molecule has 0 amide bonds. The Morgan fingerprint density at radius 2 is 2.14 bits per heavy atom. The number of aliphatic hydroxyl groups is 1. The molecule has 0 aliphatic rings. The number of likely N-dealkylation sites (N-methyl/N-ethyl adjacent to an activating group) is 1. The van der Waals surface area contributed by atoms with Gasteiger partial charge in [-0.2, -0.15) is 4.31 Å². The summed E-state index contributed by atoms with van der Waals surface area (Å²) in [5.74, 6) is 5.45. The quantitative estimate of drug-likeness (QED) is 0.529. The Bertz CT molecular complexity index is 753. The number of nitrogens with two attached hydrogens (primary N) is 1.